The molecule has 0 bridgehead atoms. The molecule has 7 heteroatoms. The number of hydrogen-bond donors (Lipinski definition) is 4. The summed E-state index contributed by atoms with van der Waals surface area (Å²) < 4.78 is 0. The SMILES string of the molecule is O=C(O)C1CCC(C(=O)NO)C(C(=O)O)C1. The van der Waals surface area contributed by atoms with E-state index in [0.29, 0.717) is 0 Å². The molecule has 0 aromatic rings. The Morgan fingerprint density at radius 1 is 1.00 bits per heavy atom. The van der Waals surface area contributed by atoms with Gasteiger partial charge in [-0.25, -0.2) is 5.48 Å². The lowest BCUT2D eigenvalue weighted by molar-refractivity contribution is -0.155. The van der Waals surface area contributed by atoms with Gasteiger partial charge >= 0.3 is 11.9 Å². The smallest absolute Gasteiger partial charge is 0.307 e. The molecule has 1 aliphatic carbocycles. The summed E-state index contributed by atoms with van der Waals surface area (Å²) >= 11 is 0. The molecule has 3 unspecified atom stereocenters. The molecule has 0 radical (unpaired) electrons. The van der Waals surface area contributed by atoms with E-state index in [0.717, 1.165) is 0 Å². The molecule has 1 amide bonds. The quantitative estimate of drug-likeness (QED) is 0.390. The van der Waals surface area contributed by atoms with Crippen LogP contribution < -0.4 is 5.48 Å². The molecule has 0 aliphatic heterocycles. The van der Waals surface area contributed by atoms with Crippen molar-refractivity contribution in [3.05, 3.63) is 0 Å². The lowest BCUT2D eigenvalue weighted by atomic mass is 9.73. The maximum atomic E-state index is 11.2. The number of hydrogen-bond acceptors (Lipinski definition) is 4. The van der Waals surface area contributed by atoms with Crippen molar-refractivity contribution in [3.63, 3.8) is 0 Å². The van der Waals surface area contributed by atoms with E-state index in [9.17, 15) is 14.4 Å². The number of nitrogens with one attached hydrogen (secondary N) is 1. The average Bonchev–Trinajstić information content (AvgIpc) is 2.26. The van der Waals surface area contributed by atoms with Crippen LogP contribution in [-0.4, -0.2) is 33.3 Å². The van der Waals surface area contributed by atoms with Gasteiger partial charge in [0.1, 0.15) is 0 Å². The van der Waals surface area contributed by atoms with Gasteiger partial charge in [-0.1, -0.05) is 0 Å². The van der Waals surface area contributed by atoms with Crippen LogP contribution >= 0.6 is 0 Å². The molecule has 1 saturated carbocycles. The van der Waals surface area contributed by atoms with Crippen molar-refractivity contribution in [2.24, 2.45) is 17.8 Å². The summed E-state index contributed by atoms with van der Waals surface area (Å²) in [7, 11) is 0. The van der Waals surface area contributed by atoms with Crippen LogP contribution in [0, 0.1) is 17.8 Å². The lowest BCUT2D eigenvalue weighted by Crippen LogP contribution is -2.41. The highest BCUT2D eigenvalue weighted by Gasteiger charge is 2.41. The standard InChI is InChI=1S/C9H13NO6/c11-7(10-16)5-2-1-4(8(12)13)3-6(5)9(14)15/h4-6,16H,1-3H2,(H,10,11)(H,12,13)(H,14,15). The fourth-order valence-electron chi connectivity index (χ4n) is 2.06. The first-order chi connectivity index (χ1) is 7.47. The van der Waals surface area contributed by atoms with Crippen LogP contribution in [-0.2, 0) is 14.4 Å². The normalized spacial score (nSPS) is 29.4. The van der Waals surface area contributed by atoms with Crippen LogP contribution in [0.4, 0.5) is 0 Å². The minimum Gasteiger partial charge on any atom is -0.481 e. The van der Waals surface area contributed by atoms with E-state index in [1.807, 2.05) is 0 Å². The van der Waals surface area contributed by atoms with Crippen LogP contribution in [0.5, 0.6) is 0 Å². The largest absolute Gasteiger partial charge is 0.481 e. The van der Waals surface area contributed by atoms with Gasteiger partial charge in [0.05, 0.1) is 17.8 Å². The molecule has 0 aromatic heterocycles. The summed E-state index contributed by atoms with van der Waals surface area (Å²) in [6.07, 6.45) is 0.320. The van der Waals surface area contributed by atoms with Crippen LogP contribution in [0.15, 0.2) is 0 Å². The van der Waals surface area contributed by atoms with Gasteiger partial charge in [-0.3, -0.25) is 19.6 Å². The van der Waals surface area contributed by atoms with E-state index < -0.39 is 35.6 Å². The first kappa shape index (κ1) is 12.4. The van der Waals surface area contributed by atoms with Gasteiger partial charge in [0.2, 0.25) is 5.91 Å². The van der Waals surface area contributed by atoms with E-state index >= 15 is 0 Å². The summed E-state index contributed by atoms with van der Waals surface area (Å²) in [5.41, 5.74) is 1.41. The van der Waals surface area contributed by atoms with E-state index in [-0.39, 0.29) is 19.3 Å². The van der Waals surface area contributed by atoms with Crippen molar-refractivity contribution in [2.45, 2.75) is 19.3 Å². The van der Waals surface area contributed by atoms with Gasteiger partial charge in [-0.15, -0.1) is 0 Å². The second kappa shape index (κ2) is 4.93. The fourth-order valence-corrected chi connectivity index (χ4v) is 2.06. The van der Waals surface area contributed by atoms with Gasteiger partial charge in [0, 0.05) is 0 Å². The zero-order valence-electron chi connectivity index (χ0n) is 8.42. The van der Waals surface area contributed by atoms with Gasteiger partial charge in [-0.05, 0) is 19.3 Å². The Labute approximate surface area is 91.0 Å². The Bertz CT molecular complexity index is 315. The number of carboxylic acid groups (broad SMARTS) is 2. The van der Waals surface area contributed by atoms with Crippen LogP contribution in [0.1, 0.15) is 19.3 Å². The second-order valence-electron chi connectivity index (χ2n) is 3.88. The molecule has 90 valence electrons. The number of carboxylic acids is 2. The first-order valence-corrected chi connectivity index (χ1v) is 4.87. The molecular formula is C9H13NO6. The van der Waals surface area contributed by atoms with Crippen molar-refractivity contribution in [3.8, 4) is 0 Å². The van der Waals surface area contributed by atoms with Crippen molar-refractivity contribution >= 4 is 17.8 Å². The predicted molar refractivity (Wildman–Crippen MR) is 49.5 cm³/mol. The Balaban J connectivity index is 2.79. The summed E-state index contributed by atoms with van der Waals surface area (Å²) in [6, 6.07) is 0. The molecule has 1 aliphatic rings. The third-order valence-electron chi connectivity index (χ3n) is 2.96. The van der Waals surface area contributed by atoms with Crippen molar-refractivity contribution in [2.75, 3.05) is 0 Å². The maximum Gasteiger partial charge on any atom is 0.307 e. The van der Waals surface area contributed by atoms with Gasteiger partial charge in [0.15, 0.2) is 0 Å². The number of rotatable bonds is 3. The van der Waals surface area contributed by atoms with Crippen molar-refractivity contribution in [1.29, 1.82) is 0 Å². The molecule has 0 saturated heterocycles. The second-order valence-corrected chi connectivity index (χ2v) is 3.88. The number of amides is 1. The molecule has 0 aromatic carbocycles. The molecule has 16 heavy (non-hydrogen) atoms. The van der Waals surface area contributed by atoms with Gasteiger partial charge in [-0.2, -0.15) is 0 Å². The molecule has 3 atom stereocenters. The first-order valence-electron chi connectivity index (χ1n) is 4.87. The van der Waals surface area contributed by atoms with E-state index in [1.165, 1.54) is 5.48 Å². The average molecular weight is 231 g/mol. The summed E-state index contributed by atoms with van der Waals surface area (Å²) in [4.78, 5) is 32.8. The fraction of sp³-hybridized carbons (Fsp3) is 0.667. The van der Waals surface area contributed by atoms with Crippen LogP contribution in [0.25, 0.3) is 0 Å². The van der Waals surface area contributed by atoms with Crippen LogP contribution in [0.3, 0.4) is 0 Å². The molecule has 7 nitrogen and oxygen atoms in total. The van der Waals surface area contributed by atoms with E-state index in [1.54, 1.807) is 0 Å². The molecule has 1 fully saturated rings. The maximum absolute atomic E-state index is 11.2. The molecule has 1 rings (SSSR count). The number of carbonyl (C=O) groups is 3. The summed E-state index contributed by atoms with van der Waals surface area (Å²) in [6.45, 7) is 0. The van der Waals surface area contributed by atoms with Gasteiger partial charge < -0.3 is 10.2 Å². The highest BCUT2D eigenvalue weighted by atomic mass is 16.5. The van der Waals surface area contributed by atoms with Crippen molar-refractivity contribution < 1.29 is 29.8 Å². The molecule has 0 heterocycles. The molecule has 0 spiro atoms. The predicted octanol–water partition coefficient (Wildman–Crippen LogP) is -0.307. The summed E-state index contributed by atoms with van der Waals surface area (Å²) in [5.74, 6) is -5.67. The molecule has 4 N–H and O–H groups in total. The number of carbonyl (C=O) groups excluding carboxylic acids is 1. The number of aliphatic carboxylic acids is 2. The van der Waals surface area contributed by atoms with Crippen molar-refractivity contribution in [1.82, 2.24) is 5.48 Å². The Morgan fingerprint density at radius 3 is 2.06 bits per heavy atom. The number of hydroxylamine groups is 1. The zero-order chi connectivity index (χ0) is 12.3. The highest BCUT2D eigenvalue weighted by Crippen LogP contribution is 2.34. The minimum absolute atomic E-state index is 0.0806. The Kier molecular flexibility index (Phi) is 3.83. The lowest BCUT2D eigenvalue weighted by Gasteiger charge is -2.30. The van der Waals surface area contributed by atoms with Gasteiger partial charge in [0.25, 0.3) is 0 Å². The third kappa shape index (κ3) is 2.48. The van der Waals surface area contributed by atoms with E-state index in [4.69, 9.17) is 15.4 Å². The molecular weight excluding hydrogens is 218 g/mol. The Hall–Kier alpha value is -1.63. The zero-order valence-corrected chi connectivity index (χ0v) is 8.42. The minimum atomic E-state index is -1.21. The topological polar surface area (TPSA) is 124 Å². The highest BCUT2D eigenvalue weighted by molar-refractivity contribution is 5.85. The van der Waals surface area contributed by atoms with E-state index in [2.05, 4.69) is 0 Å². The monoisotopic (exact) mass is 231 g/mol. The summed E-state index contributed by atoms with van der Waals surface area (Å²) in [5, 5.41) is 26.1. The van der Waals surface area contributed by atoms with Crippen LogP contribution in [0.2, 0.25) is 0 Å². The third-order valence-corrected chi connectivity index (χ3v) is 2.96. The Morgan fingerprint density at radius 2 is 1.62 bits per heavy atom.